The van der Waals surface area contributed by atoms with Gasteiger partial charge in [-0.3, -0.25) is 9.59 Å². The summed E-state index contributed by atoms with van der Waals surface area (Å²) in [7, 11) is 0. The number of nitrogens with zero attached hydrogens (tertiary/aromatic N) is 1. The normalized spacial score (nSPS) is 32.5. The lowest BCUT2D eigenvalue weighted by molar-refractivity contribution is -0.162. The smallest absolute Gasteiger partial charge is 0.249 e. The predicted molar refractivity (Wildman–Crippen MR) is 74.6 cm³/mol. The molecular weight excluding hydrogens is 240 g/mol. The maximum atomic E-state index is 13.0. The van der Waals surface area contributed by atoms with E-state index in [4.69, 9.17) is 0 Å². The van der Waals surface area contributed by atoms with Crippen LogP contribution in [-0.4, -0.2) is 33.8 Å². The van der Waals surface area contributed by atoms with Crippen LogP contribution in [0.25, 0.3) is 0 Å². The van der Waals surface area contributed by atoms with Crippen molar-refractivity contribution in [1.82, 2.24) is 10.2 Å². The van der Waals surface area contributed by atoms with E-state index >= 15 is 0 Å². The number of rotatable bonds is 4. The lowest BCUT2D eigenvalue weighted by Crippen LogP contribution is -2.73. The number of hydrogen-bond acceptors (Lipinski definition) is 2. The van der Waals surface area contributed by atoms with Crippen molar-refractivity contribution in [1.29, 1.82) is 0 Å². The number of piperazine rings is 1. The van der Waals surface area contributed by atoms with Crippen LogP contribution in [-0.2, 0) is 9.59 Å². The SMILES string of the molecule is CCC(C)(CC)N1C(=O)C(C)(C2CC2)NC(=O)C1C. The molecule has 2 rings (SSSR count). The Hall–Kier alpha value is -1.06. The molecule has 1 saturated heterocycles. The van der Waals surface area contributed by atoms with Crippen LogP contribution in [0.5, 0.6) is 0 Å². The average Bonchev–Trinajstić information content (AvgIpc) is 3.21. The van der Waals surface area contributed by atoms with E-state index in [1.165, 1.54) is 0 Å². The Balaban J connectivity index is 2.39. The van der Waals surface area contributed by atoms with E-state index in [1.807, 2.05) is 18.7 Å². The van der Waals surface area contributed by atoms with Crippen molar-refractivity contribution in [3.63, 3.8) is 0 Å². The Morgan fingerprint density at radius 1 is 1.32 bits per heavy atom. The Morgan fingerprint density at radius 2 is 1.84 bits per heavy atom. The number of hydrogen-bond donors (Lipinski definition) is 1. The quantitative estimate of drug-likeness (QED) is 0.847. The van der Waals surface area contributed by atoms with Gasteiger partial charge in [0.15, 0.2) is 0 Å². The van der Waals surface area contributed by atoms with Gasteiger partial charge in [0.1, 0.15) is 11.6 Å². The first kappa shape index (κ1) is 14.4. The maximum absolute atomic E-state index is 13.0. The molecule has 1 aliphatic heterocycles. The zero-order chi connectivity index (χ0) is 14.4. The molecular formula is C15H26N2O2. The minimum atomic E-state index is -0.685. The highest BCUT2D eigenvalue weighted by Gasteiger charge is 2.57. The molecule has 1 heterocycles. The number of nitrogens with one attached hydrogen (secondary N) is 1. The van der Waals surface area contributed by atoms with Crippen molar-refractivity contribution < 1.29 is 9.59 Å². The second-order valence-electron chi connectivity index (χ2n) is 6.52. The molecule has 19 heavy (non-hydrogen) atoms. The minimum absolute atomic E-state index is 0.0119. The summed E-state index contributed by atoms with van der Waals surface area (Å²) in [4.78, 5) is 27.1. The minimum Gasteiger partial charge on any atom is -0.340 e. The van der Waals surface area contributed by atoms with Crippen LogP contribution in [0, 0.1) is 5.92 Å². The lowest BCUT2D eigenvalue weighted by atomic mass is 9.83. The first-order chi connectivity index (χ1) is 8.80. The van der Waals surface area contributed by atoms with Crippen LogP contribution < -0.4 is 5.32 Å². The first-order valence-corrected chi connectivity index (χ1v) is 7.46. The zero-order valence-electron chi connectivity index (χ0n) is 12.7. The van der Waals surface area contributed by atoms with Gasteiger partial charge in [0, 0.05) is 5.54 Å². The van der Waals surface area contributed by atoms with Crippen LogP contribution in [0.2, 0.25) is 0 Å². The Kier molecular flexibility index (Phi) is 3.40. The molecule has 1 N–H and O–H groups in total. The van der Waals surface area contributed by atoms with Crippen LogP contribution in [0.4, 0.5) is 0 Å². The van der Waals surface area contributed by atoms with Crippen molar-refractivity contribution in [2.24, 2.45) is 5.92 Å². The van der Waals surface area contributed by atoms with E-state index < -0.39 is 5.54 Å². The monoisotopic (exact) mass is 266 g/mol. The topological polar surface area (TPSA) is 49.4 Å². The van der Waals surface area contributed by atoms with E-state index in [9.17, 15) is 9.59 Å². The second-order valence-corrected chi connectivity index (χ2v) is 6.52. The predicted octanol–water partition coefficient (Wildman–Crippen LogP) is 2.08. The third-order valence-corrected chi connectivity index (χ3v) is 5.31. The molecule has 0 aromatic rings. The van der Waals surface area contributed by atoms with Gasteiger partial charge >= 0.3 is 0 Å². The summed E-state index contributed by atoms with van der Waals surface area (Å²) in [6.07, 6.45) is 3.82. The van der Waals surface area contributed by atoms with Crippen molar-refractivity contribution in [3.8, 4) is 0 Å². The molecule has 1 saturated carbocycles. The summed E-state index contributed by atoms with van der Waals surface area (Å²) in [5.41, 5.74) is -0.917. The summed E-state index contributed by atoms with van der Waals surface area (Å²) in [5.74, 6) is 0.410. The van der Waals surface area contributed by atoms with Crippen molar-refractivity contribution in [2.75, 3.05) is 0 Å². The third-order valence-electron chi connectivity index (χ3n) is 5.31. The van der Waals surface area contributed by atoms with E-state index in [-0.39, 0.29) is 23.4 Å². The van der Waals surface area contributed by atoms with Gasteiger partial charge in [0.25, 0.3) is 0 Å². The molecule has 2 unspecified atom stereocenters. The molecule has 4 heteroatoms. The molecule has 1 aliphatic carbocycles. The van der Waals surface area contributed by atoms with Crippen LogP contribution >= 0.6 is 0 Å². The molecule has 0 aromatic carbocycles. The second kappa shape index (κ2) is 4.50. The highest BCUT2D eigenvalue weighted by molar-refractivity contribution is 6.00. The first-order valence-electron chi connectivity index (χ1n) is 7.46. The van der Waals surface area contributed by atoms with Gasteiger partial charge in [-0.05, 0) is 52.4 Å². The zero-order valence-corrected chi connectivity index (χ0v) is 12.7. The number of amides is 2. The molecule has 2 atom stereocenters. The van der Waals surface area contributed by atoms with Crippen LogP contribution in [0.15, 0.2) is 0 Å². The van der Waals surface area contributed by atoms with Crippen molar-refractivity contribution in [3.05, 3.63) is 0 Å². The standard InChI is InChI=1S/C15H26N2O2/c1-6-14(4,7-2)17-10(3)12(18)16-15(5,13(17)19)11-8-9-11/h10-11H,6-9H2,1-5H3,(H,16,18). The van der Waals surface area contributed by atoms with Gasteiger partial charge in [0.2, 0.25) is 11.8 Å². The molecule has 0 radical (unpaired) electrons. The molecule has 0 spiro atoms. The Bertz CT molecular complexity index is 399. The van der Waals surface area contributed by atoms with Crippen LogP contribution in [0.3, 0.4) is 0 Å². The van der Waals surface area contributed by atoms with Crippen molar-refractivity contribution in [2.45, 2.75) is 77.4 Å². The van der Waals surface area contributed by atoms with Gasteiger partial charge in [-0.1, -0.05) is 13.8 Å². The van der Waals surface area contributed by atoms with E-state index in [2.05, 4.69) is 26.1 Å². The molecule has 2 amide bonds. The van der Waals surface area contributed by atoms with Crippen LogP contribution in [0.1, 0.15) is 60.3 Å². The molecule has 0 bridgehead atoms. The lowest BCUT2D eigenvalue weighted by Gasteiger charge is -2.51. The van der Waals surface area contributed by atoms with Gasteiger partial charge in [-0.2, -0.15) is 0 Å². The summed E-state index contributed by atoms with van der Waals surface area (Å²) >= 11 is 0. The highest BCUT2D eigenvalue weighted by atomic mass is 16.2. The largest absolute Gasteiger partial charge is 0.340 e. The van der Waals surface area contributed by atoms with Crippen molar-refractivity contribution >= 4 is 11.8 Å². The van der Waals surface area contributed by atoms with Gasteiger partial charge < -0.3 is 10.2 Å². The molecule has 4 nitrogen and oxygen atoms in total. The average molecular weight is 266 g/mol. The maximum Gasteiger partial charge on any atom is 0.249 e. The Labute approximate surface area is 115 Å². The fraction of sp³-hybridized carbons (Fsp3) is 0.867. The van der Waals surface area contributed by atoms with Gasteiger partial charge in [-0.15, -0.1) is 0 Å². The van der Waals surface area contributed by atoms with Gasteiger partial charge in [-0.25, -0.2) is 0 Å². The number of carbonyl (C=O) groups is 2. The fourth-order valence-electron chi connectivity index (χ4n) is 3.20. The summed E-state index contributed by atoms with van der Waals surface area (Å²) in [6, 6.07) is -0.371. The molecule has 0 aromatic heterocycles. The van der Waals surface area contributed by atoms with Gasteiger partial charge in [0.05, 0.1) is 0 Å². The summed E-state index contributed by atoms with van der Waals surface area (Å²) in [5, 5.41) is 2.97. The summed E-state index contributed by atoms with van der Waals surface area (Å²) < 4.78 is 0. The summed E-state index contributed by atoms with van der Waals surface area (Å²) in [6.45, 7) is 10.0. The van der Waals surface area contributed by atoms with E-state index in [1.54, 1.807) is 0 Å². The Morgan fingerprint density at radius 3 is 2.26 bits per heavy atom. The van der Waals surface area contributed by atoms with E-state index in [0.29, 0.717) is 5.92 Å². The third kappa shape index (κ3) is 2.05. The highest BCUT2D eigenvalue weighted by Crippen LogP contribution is 2.44. The van der Waals surface area contributed by atoms with E-state index in [0.717, 1.165) is 25.7 Å². The molecule has 2 fully saturated rings. The molecule has 2 aliphatic rings. The molecule has 108 valence electrons. The number of carbonyl (C=O) groups excluding carboxylic acids is 2. The fourth-order valence-corrected chi connectivity index (χ4v) is 3.20.